The van der Waals surface area contributed by atoms with E-state index in [4.69, 9.17) is 0 Å². The number of nitrogens with one attached hydrogen (secondary N) is 1. The lowest BCUT2D eigenvalue weighted by Gasteiger charge is -1.75. The van der Waals surface area contributed by atoms with Crippen molar-refractivity contribution < 1.29 is 9.18 Å². The van der Waals surface area contributed by atoms with Gasteiger partial charge in [-0.05, 0) is 6.07 Å². The molecule has 1 aromatic rings. The highest BCUT2D eigenvalue weighted by atomic mass is 19.1. The Morgan fingerprint density at radius 3 is 2.75 bits per heavy atom. The molecule has 0 aliphatic rings. The maximum absolute atomic E-state index is 12.1. The number of hydrogen-bond acceptors (Lipinski definition) is 1. The average molecular weight is 113 g/mol. The minimum atomic E-state index is -0.569. The van der Waals surface area contributed by atoms with E-state index in [1.165, 1.54) is 12.3 Å². The molecule has 0 aromatic carbocycles. The van der Waals surface area contributed by atoms with Crippen molar-refractivity contribution in [2.75, 3.05) is 0 Å². The number of hydrogen-bond donors (Lipinski definition) is 1. The predicted octanol–water partition coefficient (Wildman–Crippen LogP) is 0.966. The van der Waals surface area contributed by atoms with E-state index in [-0.39, 0.29) is 5.56 Å². The summed E-state index contributed by atoms with van der Waals surface area (Å²) in [6, 6.07) is 1.38. The summed E-state index contributed by atoms with van der Waals surface area (Å²) in [6.45, 7) is 0. The molecule has 0 fully saturated rings. The van der Waals surface area contributed by atoms with Crippen LogP contribution in [0, 0.1) is 5.95 Å². The number of rotatable bonds is 1. The highest BCUT2D eigenvalue weighted by molar-refractivity contribution is 5.74. The standard InChI is InChI=1S/C5H4FNO/c6-5-4(3-8)1-2-7-5/h1-3,7H. The second kappa shape index (κ2) is 1.78. The van der Waals surface area contributed by atoms with Gasteiger partial charge in [0.1, 0.15) is 0 Å². The summed E-state index contributed by atoms with van der Waals surface area (Å²) < 4.78 is 12.1. The first-order chi connectivity index (χ1) is 3.84. The fourth-order valence-electron chi connectivity index (χ4n) is 0.452. The van der Waals surface area contributed by atoms with Gasteiger partial charge in [0.25, 0.3) is 0 Å². The Morgan fingerprint density at radius 2 is 2.50 bits per heavy atom. The van der Waals surface area contributed by atoms with Gasteiger partial charge < -0.3 is 4.98 Å². The Hall–Kier alpha value is -1.12. The molecule has 0 spiro atoms. The van der Waals surface area contributed by atoms with E-state index in [0.717, 1.165) is 0 Å². The van der Waals surface area contributed by atoms with Crippen LogP contribution in [0.5, 0.6) is 0 Å². The minimum absolute atomic E-state index is 0.0741. The van der Waals surface area contributed by atoms with Crippen molar-refractivity contribution in [2.24, 2.45) is 0 Å². The normalized spacial score (nSPS) is 9.12. The molecule has 42 valence electrons. The molecule has 0 unspecified atom stereocenters. The Bertz CT molecular complexity index is 194. The van der Waals surface area contributed by atoms with Crippen molar-refractivity contribution >= 4 is 6.29 Å². The van der Waals surface area contributed by atoms with Crippen LogP contribution < -0.4 is 0 Å². The van der Waals surface area contributed by atoms with E-state index in [1.54, 1.807) is 0 Å². The molecule has 0 aliphatic heterocycles. The van der Waals surface area contributed by atoms with Crippen LogP contribution in [0.25, 0.3) is 0 Å². The zero-order chi connectivity index (χ0) is 5.98. The van der Waals surface area contributed by atoms with Gasteiger partial charge in [0.15, 0.2) is 6.29 Å². The first-order valence-electron chi connectivity index (χ1n) is 2.12. The summed E-state index contributed by atoms with van der Waals surface area (Å²) in [7, 11) is 0. The number of aromatic nitrogens is 1. The van der Waals surface area contributed by atoms with E-state index in [1.807, 2.05) is 0 Å². The minimum Gasteiger partial charge on any atom is -0.338 e. The zero-order valence-corrected chi connectivity index (χ0v) is 4.02. The van der Waals surface area contributed by atoms with Crippen molar-refractivity contribution in [3.05, 3.63) is 23.8 Å². The maximum Gasteiger partial charge on any atom is 0.201 e. The first kappa shape index (κ1) is 5.03. The van der Waals surface area contributed by atoms with Gasteiger partial charge in [-0.1, -0.05) is 0 Å². The van der Waals surface area contributed by atoms with Gasteiger partial charge in [-0.2, -0.15) is 4.39 Å². The number of carbonyl (C=O) groups is 1. The fourth-order valence-corrected chi connectivity index (χ4v) is 0.452. The highest BCUT2D eigenvalue weighted by Crippen LogP contribution is 1.98. The first-order valence-corrected chi connectivity index (χ1v) is 2.12. The van der Waals surface area contributed by atoms with Gasteiger partial charge in [-0.25, -0.2) is 0 Å². The summed E-state index contributed by atoms with van der Waals surface area (Å²) in [5.41, 5.74) is 0.0741. The van der Waals surface area contributed by atoms with Crippen LogP contribution in [0.4, 0.5) is 4.39 Å². The Labute approximate surface area is 45.3 Å². The lowest BCUT2D eigenvalue weighted by atomic mass is 10.4. The van der Waals surface area contributed by atoms with Gasteiger partial charge in [0.2, 0.25) is 5.95 Å². The fraction of sp³-hybridized carbons (Fsp3) is 0. The van der Waals surface area contributed by atoms with Gasteiger partial charge in [-0.3, -0.25) is 4.79 Å². The smallest absolute Gasteiger partial charge is 0.201 e. The maximum atomic E-state index is 12.1. The van der Waals surface area contributed by atoms with Crippen LogP contribution in [-0.2, 0) is 0 Å². The molecule has 1 rings (SSSR count). The molecular weight excluding hydrogens is 109 g/mol. The van der Waals surface area contributed by atoms with E-state index in [9.17, 15) is 9.18 Å². The quantitative estimate of drug-likeness (QED) is 0.540. The summed E-state index contributed by atoms with van der Waals surface area (Å²) in [5.74, 6) is -0.569. The molecule has 0 bridgehead atoms. The molecule has 3 heteroatoms. The monoisotopic (exact) mass is 113 g/mol. The molecule has 1 heterocycles. The number of aldehydes is 1. The summed E-state index contributed by atoms with van der Waals surface area (Å²) in [4.78, 5) is 12.1. The largest absolute Gasteiger partial charge is 0.338 e. The van der Waals surface area contributed by atoms with Gasteiger partial charge >= 0.3 is 0 Å². The number of carbonyl (C=O) groups excluding carboxylic acids is 1. The lowest BCUT2D eigenvalue weighted by Crippen LogP contribution is -1.78. The SMILES string of the molecule is O=Cc1cc[nH]c1F. The average Bonchev–Trinajstić information content (AvgIpc) is 2.14. The summed E-state index contributed by atoms with van der Waals surface area (Å²) >= 11 is 0. The van der Waals surface area contributed by atoms with E-state index in [0.29, 0.717) is 6.29 Å². The van der Waals surface area contributed by atoms with Crippen molar-refractivity contribution in [2.45, 2.75) is 0 Å². The van der Waals surface area contributed by atoms with Gasteiger partial charge in [-0.15, -0.1) is 0 Å². The van der Waals surface area contributed by atoms with Crippen LogP contribution in [0.3, 0.4) is 0 Å². The Kier molecular flexibility index (Phi) is 1.12. The molecule has 0 saturated carbocycles. The molecule has 1 aromatic heterocycles. The molecular formula is C5H4FNO. The van der Waals surface area contributed by atoms with Crippen LogP contribution >= 0.6 is 0 Å². The lowest BCUT2D eigenvalue weighted by molar-refractivity contribution is 0.112. The number of aromatic amines is 1. The third-order valence-electron chi connectivity index (χ3n) is 0.853. The molecule has 0 radical (unpaired) electrons. The number of H-pyrrole nitrogens is 1. The van der Waals surface area contributed by atoms with Crippen LogP contribution in [-0.4, -0.2) is 11.3 Å². The van der Waals surface area contributed by atoms with Crippen LogP contribution in [0.15, 0.2) is 12.3 Å². The Balaban J connectivity index is 3.09. The van der Waals surface area contributed by atoms with Gasteiger partial charge in [0.05, 0.1) is 5.56 Å². The van der Waals surface area contributed by atoms with Crippen molar-refractivity contribution in [3.8, 4) is 0 Å². The third-order valence-corrected chi connectivity index (χ3v) is 0.853. The predicted molar refractivity (Wildman–Crippen MR) is 26.1 cm³/mol. The van der Waals surface area contributed by atoms with Crippen molar-refractivity contribution in [3.63, 3.8) is 0 Å². The topological polar surface area (TPSA) is 32.9 Å². The van der Waals surface area contributed by atoms with Crippen molar-refractivity contribution in [1.29, 1.82) is 0 Å². The molecule has 0 amide bonds. The van der Waals surface area contributed by atoms with E-state index >= 15 is 0 Å². The van der Waals surface area contributed by atoms with E-state index in [2.05, 4.69) is 4.98 Å². The molecule has 8 heavy (non-hydrogen) atoms. The van der Waals surface area contributed by atoms with Gasteiger partial charge in [0, 0.05) is 6.20 Å². The highest BCUT2D eigenvalue weighted by Gasteiger charge is 1.96. The second-order valence-electron chi connectivity index (χ2n) is 1.36. The summed E-state index contributed by atoms with van der Waals surface area (Å²) in [5, 5.41) is 0. The molecule has 0 saturated heterocycles. The van der Waals surface area contributed by atoms with Crippen LogP contribution in [0.1, 0.15) is 10.4 Å². The molecule has 2 nitrogen and oxygen atoms in total. The molecule has 1 N–H and O–H groups in total. The number of halogens is 1. The Morgan fingerprint density at radius 1 is 1.75 bits per heavy atom. The second-order valence-corrected chi connectivity index (χ2v) is 1.36. The third kappa shape index (κ3) is 0.621. The van der Waals surface area contributed by atoms with Crippen LogP contribution in [0.2, 0.25) is 0 Å². The molecule has 0 atom stereocenters. The van der Waals surface area contributed by atoms with Crippen molar-refractivity contribution in [1.82, 2.24) is 4.98 Å². The zero-order valence-electron chi connectivity index (χ0n) is 4.02. The summed E-state index contributed by atoms with van der Waals surface area (Å²) in [6.07, 6.45) is 1.84. The molecule has 0 aliphatic carbocycles. The van der Waals surface area contributed by atoms with E-state index < -0.39 is 5.95 Å².